The first-order valence-electron chi connectivity index (χ1n) is 14.4. The van der Waals surface area contributed by atoms with Crippen LogP contribution in [0.2, 0.25) is 10.0 Å². The molecule has 1 fully saturated rings. The van der Waals surface area contributed by atoms with Gasteiger partial charge < -0.3 is 15.4 Å². The molecule has 6 rings (SSSR count). The van der Waals surface area contributed by atoms with Crippen LogP contribution in [0.3, 0.4) is 0 Å². The zero-order valence-electron chi connectivity index (χ0n) is 24.8. The zero-order chi connectivity index (χ0) is 33.6. The Balaban J connectivity index is 1.56. The molecule has 2 aromatic heterocycles. The number of pyridine rings is 1. The van der Waals surface area contributed by atoms with Crippen LogP contribution >= 0.6 is 23.2 Å². The first-order chi connectivity index (χ1) is 22.4. The molecule has 9 nitrogen and oxygen atoms in total. The predicted octanol–water partition coefficient (Wildman–Crippen LogP) is 5.10. The highest BCUT2D eigenvalue weighted by molar-refractivity contribution is 6.33. The van der Waals surface area contributed by atoms with Gasteiger partial charge in [0.1, 0.15) is 11.1 Å². The van der Waals surface area contributed by atoms with E-state index in [1.807, 2.05) is 0 Å². The molecule has 0 unspecified atom stereocenters. The molecular weight excluding hydrogens is 658 g/mol. The molecule has 1 atom stereocenters. The largest absolute Gasteiger partial charge is 0.496 e. The lowest BCUT2D eigenvalue weighted by Gasteiger charge is -2.18. The highest BCUT2D eigenvalue weighted by atomic mass is 35.5. The monoisotopic (exact) mass is 683 g/mol. The van der Waals surface area contributed by atoms with Crippen LogP contribution in [-0.2, 0) is 17.8 Å². The molecule has 47 heavy (non-hydrogen) atoms. The summed E-state index contributed by atoms with van der Waals surface area (Å²) < 4.78 is 49.9. The molecule has 3 heterocycles. The third-order valence-electron chi connectivity index (χ3n) is 8.04. The average Bonchev–Trinajstić information content (AvgIpc) is 3.48. The van der Waals surface area contributed by atoms with E-state index in [9.17, 15) is 27.6 Å². The molecular formula is C33H26Cl2F3N5O4. The van der Waals surface area contributed by atoms with E-state index in [0.29, 0.717) is 34.8 Å². The van der Waals surface area contributed by atoms with Crippen molar-refractivity contribution >= 4 is 40.0 Å². The number of ether oxygens (including phenoxy) is 1. The van der Waals surface area contributed by atoms with Gasteiger partial charge in [0.15, 0.2) is 17.5 Å². The lowest BCUT2D eigenvalue weighted by Crippen LogP contribution is -2.39. The minimum Gasteiger partial charge on any atom is -0.496 e. The highest BCUT2D eigenvalue weighted by Crippen LogP contribution is 2.35. The highest BCUT2D eigenvalue weighted by Gasteiger charge is 2.25. The average molecular weight is 685 g/mol. The Morgan fingerprint density at radius 2 is 1.77 bits per heavy atom. The van der Waals surface area contributed by atoms with Crippen LogP contribution in [0.1, 0.15) is 17.5 Å². The topological polar surface area (TPSA) is 112 Å². The lowest BCUT2D eigenvalue weighted by molar-refractivity contribution is -0.129. The van der Waals surface area contributed by atoms with Gasteiger partial charge in [-0.05, 0) is 65.6 Å². The van der Waals surface area contributed by atoms with Crippen molar-refractivity contribution in [2.75, 3.05) is 20.2 Å². The van der Waals surface area contributed by atoms with E-state index < -0.39 is 35.2 Å². The number of likely N-dealkylation sites (tertiary alicyclic amines) is 1. The van der Waals surface area contributed by atoms with Gasteiger partial charge >= 0.3 is 5.69 Å². The summed E-state index contributed by atoms with van der Waals surface area (Å²) in [5, 5.41) is 0.401. The molecule has 0 saturated carbocycles. The van der Waals surface area contributed by atoms with Gasteiger partial charge in [0.25, 0.3) is 5.56 Å². The van der Waals surface area contributed by atoms with E-state index in [0.717, 1.165) is 27.7 Å². The zero-order valence-corrected chi connectivity index (χ0v) is 26.3. The maximum atomic E-state index is 14.3. The SMILES string of the molecule is COc1cc(-c2cc(CC(=O)N3CC[C@H](N)C3)ccc2Cl)cc2c1c(=O)n(-c1cncc(Cl)c1)c(=O)n2Cc1cc(F)c(F)c(F)c1. The summed E-state index contributed by atoms with van der Waals surface area (Å²) in [6.45, 7) is 0.582. The Bertz CT molecular complexity index is 2170. The van der Waals surface area contributed by atoms with Gasteiger partial charge in [-0.25, -0.2) is 22.5 Å². The molecule has 1 amide bonds. The van der Waals surface area contributed by atoms with E-state index in [2.05, 4.69) is 4.98 Å². The van der Waals surface area contributed by atoms with Crippen molar-refractivity contribution in [2.45, 2.75) is 25.4 Å². The third-order valence-corrected chi connectivity index (χ3v) is 8.57. The molecule has 5 aromatic rings. The quantitative estimate of drug-likeness (QED) is 0.239. The van der Waals surface area contributed by atoms with E-state index in [4.69, 9.17) is 33.7 Å². The molecule has 2 N–H and O–H groups in total. The van der Waals surface area contributed by atoms with Gasteiger partial charge in [-0.1, -0.05) is 29.3 Å². The number of hydrogen-bond acceptors (Lipinski definition) is 6. The van der Waals surface area contributed by atoms with E-state index >= 15 is 0 Å². The fourth-order valence-electron chi connectivity index (χ4n) is 5.76. The lowest BCUT2D eigenvalue weighted by atomic mass is 9.99. The summed E-state index contributed by atoms with van der Waals surface area (Å²) in [5.74, 6) is -4.59. The van der Waals surface area contributed by atoms with E-state index in [1.54, 1.807) is 29.2 Å². The number of benzene rings is 3. The Kier molecular flexibility index (Phi) is 8.84. The molecule has 0 bridgehead atoms. The normalized spacial score (nSPS) is 14.6. The van der Waals surface area contributed by atoms with Crippen LogP contribution in [0.4, 0.5) is 13.2 Å². The standard InChI is InChI=1S/C33H26Cl2F3N5O4/c1-47-28-11-19(23-6-17(2-3-24(23)35)9-29(44)41-5-4-21(39)16-41)10-27-30(28)32(45)43(22-12-20(34)13-40-14-22)33(46)42(27)15-18-7-25(36)31(38)26(37)8-18/h2-3,6-8,10-14,21H,4-5,9,15-16,39H2,1H3/t21-/m0/s1. The van der Waals surface area contributed by atoms with Crippen molar-refractivity contribution < 1.29 is 22.7 Å². The number of rotatable bonds is 7. The van der Waals surface area contributed by atoms with Gasteiger partial charge in [0.2, 0.25) is 5.91 Å². The Labute approximate surface area is 275 Å². The number of aromatic nitrogens is 3. The molecule has 0 spiro atoms. The van der Waals surface area contributed by atoms with Crippen molar-refractivity contribution in [1.82, 2.24) is 19.0 Å². The van der Waals surface area contributed by atoms with Crippen LogP contribution in [0.25, 0.3) is 27.7 Å². The molecule has 0 aliphatic carbocycles. The number of hydrogen-bond donors (Lipinski definition) is 1. The third kappa shape index (κ3) is 6.23. The van der Waals surface area contributed by atoms with Crippen LogP contribution in [0.5, 0.6) is 5.75 Å². The Hall–Kier alpha value is -4.65. The number of carbonyl (C=O) groups excluding carboxylic acids is 1. The summed E-state index contributed by atoms with van der Waals surface area (Å²) in [4.78, 5) is 46.7. The molecule has 242 valence electrons. The number of nitrogens with two attached hydrogens (primary N) is 1. The number of fused-ring (bicyclic) bond motifs is 1. The predicted molar refractivity (Wildman–Crippen MR) is 172 cm³/mol. The first kappa shape index (κ1) is 32.3. The van der Waals surface area contributed by atoms with Crippen LogP contribution in [0, 0.1) is 17.5 Å². The molecule has 0 radical (unpaired) electrons. The molecule has 14 heteroatoms. The van der Waals surface area contributed by atoms with E-state index in [1.165, 1.54) is 31.6 Å². The van der Waals surface area contributed by atoms with Crippen molar-refractivity contribution in [3.63, 3.8) is 0 Å². The number of carbonyl (C=O) groups is 1. The summed E-state index contributed by atoms with van der Waals surface area (Å²) in [6.07, 6.45) is 3.39. The maximum absolute atomic E-state index is 14.3. The number of methoxy groups -OCH3 is 1. The minimum atomic E-state index is -1.66. The van der Waals surface area contributed by atoms with Gasteiger partial charge in [0.05, 0.1) is 42.5 Å². The Morgan fingerprint density at radius 3 is 2.43 bits per heavy atom. The number of nitrogens with zero attached hydrogens (tertiary/aromatic N) is 4. The van der Waals surface area contributed by atoms with Gasteiger partial charge in [-0.2, -0.15) is 0 Å². The van der Waals surface area contributed by atoms with Crippen molar-refractivity contribution in [3.8, 4) is 22.6 Å². The first-order valence-corrected chi connectivity index (χ1v) is 15.1. The van der Waals surface area contributed by atoms with Crippen LogP contribution in [0.15, 0.2) is 70.5 Å². The second-order valence-corrected chi connectivity index (χ2v) is 12.0. The summed E-state index contributed by atoms with van der Waals surface area (Å²) >= 11 is 12.8. The second-order valence-electron chi connectivity index (χ2n) is 11.2. The molecule has 1 saturated heterocycles. The maximum Gasteiger partial charge on any atom is 0.336 e. The fourth-order valence-corrected chi connectivity index (χ4v) is 6.15. The number of amides is 1. The minimum absolute atomic E-state index is 0.0325. The van der Waals surface area contributed by atoms with Crippen molar-refractivity contribution in [2.24, 2.45) is 5.73 Å². The summed E-state index contributed by atoms with van der Waals surface area (Å²) in [6, 6.07) is 11.0. The van der Waals surface area contributed by atoms with Gasteiger partial charge in [-0.15, -0.1) is 0 Å². The van der Waals surface area contributed by atoms with Gasteiger partial charge in [-0.3, -0.25) is 19.1 Å². The molecule has 1 aliphatic rings. The van der Waals surface area contributed by atoms with Gasteiger partial charge in [0, 0.05) is 35.9 Å². The Morgan fingerprint density at radius 1 is 1.02 bits per heavy atom. The van der Waals surface area contributed by atoms with Crippen LogP contribution in [-0.4, -0.2) is 51.2 Å². The second kappa shape index (κ2) is 12.9. The molecule has 3 aromatic carbocycles. The molecule has 1 aliphatic heterocycles. The smallest absolute Gasteiger partial charge is 0.336 e. The summed E-state index contributed by atoms with van der Waals surface area (Å²) in [5.41, 5.74) is 5.81. The van der Waals surface area contributed by atoms with Crippen molar-refractivity contribution in [3.05, 3.63) is 120 Å². The number of halogens is 5. The fraction of sp³-hybridized carbons (Fsp3) is 0.212. The van der Waals surface area contributed by atoms with E-state index in [-0.39, 0.29) is 51.3 Å². The van der Waals surface area contributed by atoms with Crippen molar-refractivity contribution in [1.29, 1.82) is 0 Å². The van der Waals surface area contributed by atoms with Crippen LogP contribution < -0.4 is 21.7 Å². The summed E-state index contributed by atoms with van der Waals surface area (Å²) in [7, 11) is 1.33.